The van der Waals surface area contributed by atoms with Crippen molar-refractivity contribution in [3.8, 4) is 16.5 Å². The van der Waals surface area contributed by atoms with E-state index in [1.165, 1.54) is 16.2 Å². The van der Waals surface area contributed by atoms with E-state index in [1.54, 1.807) is 39.1 Å². The quantitative estimate of drug-likeness (QED) is 0.254. The van der Waals surface area contributed by atoms with Crippen molar-refractivity contribution in [2.45, 2.75) is 108 Å². The third-order valence-electron chi connectivity index (χ3n) is 9.45. The molecular weight excluding hydrogens is 678 g/mol. The maximum absolute atomic E-state index is 14.4. The minimum atomic E-state index is -1.39. The number of fused-ring (bicyclic) bond motifs is 3. The number of thiazole rings is 1. The molecule has 16 heteroatoms. The predicted molar refractivity (Wildman–Crippen MR) is 187 cm³/mol. The van der Waals surface area contributed by atoms with Gasteiger partial charge in [-0.1, -0.05) is 55.6 Å². The Kier molecular flexibility index (Phi) is 10.4. The van der Waals surface area contributed by atoms with Gasteiger partial charge in [-0.05, 0) is 58.1 Å². The number of aromatic nitrogens is 3. The number of hydrogen-bond acceptors (Lipinski definition) is 11. The van der Waals surface area contributed by atoms with Crippen LogP contribution in [-0.2, 0) is 23.9 Å². The van der Waals surface area contributed by atoms with Crippen LogP contribution in [0.2, 0.25) is 0 Å². The summed E-state index contributed by atoms with van der Waals surface area (Å²) in [5.74, 6) is -2.24. The number of benzene rings is 1. The highest BCUT2D eigenvalue weighted by Gasteiger charge is 2.62. The lowest BCUT2D eigenvalue weighted by molar-refractivity contribution is -0.146. The zero-order valence-electron chi connectivity index (χ0n) is 28.8. The van der Waals surface area contributed by atoms with Crippen LogP contribution < -0.4 is 20.7 Å². The number of para-hydroxylation sites is 2. The molecule has 3 aromatic rings. The van der Waals surface area contributed by atoms with Gasteiger partial charge in [-0.25, -0.2) is 24.5 Å². The number of amides is 4. The summed E-state index contributed by atoms with van der Waals surface area (Å²) in [7, 11) is 0. The molecule has 0 radical (unpaired) electrons. The van der Waals surface area contributed by atoms with E-state index in [0.29, 0.717) is 58.8 Å². The van der Waals surface area contributed by atoms with Crippen molar-refractivity contribution in [2.24, 2.45) is 5.92 Å². The molecule has 6 rings (SSSR count). The number of nitrogens with one attached hydrogen (secondary N) is 3. The molecule has 1 saturated carbocycles. The first-order chi connectivity index (χ1) is 24.4. The minimum absolute atomic E-state index is 0.0334. The zero-order chi connectivity index (χ0) is 36.3. The third kappa shape index (κ3) is 8.21. The number of hydrogen-bond donors (Lipinski definition) is 4. The van der Waals surface area contributed by atoms with Crippen LogP contribution in [0.1, 0.15) is 78.6 Å². The van der Waals surface area contributed by atoms with E-state index in [9.17, 15) is 29.1 Å². The van der Waals surface area contributed by atoms with E-state index >= 15 is 0 Å². The molecule has 3 aliphatic rings. The van der Waals surface area contributed by atoms with Crippen molar-refractivity contribution in [1.82, 2.24) is 30.5 Å². The minimum Gasteiger partial charge on any atom is -0.479 e. The second-order valence-corrected chi connectivity index (χ2v) is 15.4. The van der Waals surface area contributed by atoms with E-state index in [1.807, 2.05) is 12.1 Å². The molecule has 1 aromatic carbocycles. The molecular formula is C35H43N7O8S. The summed E-state index contributed by atoms with van der Waals surface area (Å²) in [6.07, 6.45) is 6.06. The van der Waals surface area contributed by atoms with Gasteiger partial charge in [0.15, 0.2) is 5.13 Å². The van der Waals surface area contributed by atoms with Crippen LogP contribution in [-0.4, -0.2) is 91.1 Å². The van der Waals surface area contributed by atoms with Gasteiger partial charge >= 0.3 is 12.1 Å². The lowest BCUT2D eigenvalue weighted by atomic mass is 10.0. The summed E-state index contributed by atoms with van der Waals surface area (Å²) in [5.41, 5.74) is -0.677. The Morgan fingerprint density at radius 1 is 1.08 bits per heavy atom. The van der Waals surface area contributed by atoms with Gasteiger partial charge in [0, 0.05) is 12.6 Å². The fraction of sp³-hybridized carbons (Fsp3) is 0.543. The Hall–Kier alpha value is -4.86. The van der Waals surface area contributed by atoms with E-state index in [0.717, 1.165) is 25.7 Å². The molecule has 2 unspecified atom stereocenters. The van der Waals surface area contributed by atoms with E-state index < -0.39 is 53.2 Å². The van der Waals surface area contributed by atoms with Crippen molar-refractivity contribution in [2.75, 3.05) is 11.9 Å². The molecule has 2 aliphatic heterocycles. The predicted octanol–water partition coefficient (Wildman–Crippen LogP) is 4.27. The number of carbonyl (C=O) groups is 5. The third-order valence-corrected chi connectivity index (χ3v) is 10.4. The first-order valence-electron chi connectivity index (χ1n) is 17.3. The van der Waals surface area contributed by atoms with Gasteiger partial charge in [0.05, 0.1) is 22.5 Å². The summed E-state index contributed by atoms with van der Waals surface area (Å²) in [6, 6.07) is 5.16. The Balaban J connectivity index is 1.33. The Morgan fingerprint density at radius 3 is 2.49 bits per heavy atom. The van der Waals surface area contributed by atoms with Crippen molar-refractivity contribution >= 4 is 57.8 Å². The van der Waals surface area contributed by atoms with Gasteiger partial charge in [-0.15, -0.1) is 0 Å². The number of ether oxygens (including phenoxy) is 2. The summed E-state index contributed by atoms with van der Waals surface area (Å²) in [4.78, 5) is 80.6. The summed E-state index contributed by atoms with van der Waals surface area (Å²) < 4.78 is 12.0. The highest BCUT2D eigenvalue weighted by atomic mass is 32.1. The fourth-order valence-corrected chi connectivity index (χ4v) is 7.64. The second-order valence-electron chi connectivity index (χ2n) is 14.4. The van der Waals surface area contributed by atoms with E-state index in [4.69, 9.17) is 19.4 Å². The Morgan fingerprint density at radius 2 is 1.78 bits per heavy atom. The number of carboxylic acid groups (broad SMARTS) is 1. The van der Waals surface area contributed by atoms with Crippen LogP contribution in [0.4, 0.5) is 9.93 Å². The standard InChI is InChI=1S/C35H43N7O8S/c1-34(2,3)50-33(48)40-24-14-8-6-4-5-7-11-20-16-35(20,31(46)47)41-28(44)25-15-21(18-42(25)30(24)45)49-29-27(26-17-36-32(51-26)37-19-43)38-22-12-9-10-13-23(22)39-29/h9-10,12-13,17,19-21,24-25H,4-8,11,14-16,18H2,1-3H3,(H,40,48)(H,41,44)(H,46,47)(H,36,37,43)/t20?,21-,24+,25+,35?/m1/s1. The highest BCUT2D eigenvalue weighted by molar-refractivity contribution is 7.19. The number of anilines is 1. The molecule has 5 atom stereocenters. The molecule has 4 heterocycles. The zero-order valence-corrected chi connectivity index (χ0v) is 29.7. The SMILES string of the molecule is CC(C)(C)OC(=O)N[C@H]1CCCCCCCC2CC2(C(=O)O)NC(=O)[C@@H]2C[C@@H](Oc3nc4ccccc4nc3-c3cnc(NC=O)s3)CN2C1=O. The van der Waals surface area contributed by atoms with E-state index in [-0.39, 0.29) is 24.8 Å². The molecule has 4 N–H and O–H groups in total. The van der Waals surface area contributed by atoms with Gasteiger partial charge in [-0.3, -0.25) is 14.4 Å². The molecule has 2 saturated heterocycles. The smallest absolute Gasteiger partial charge is 0.408 e. The van der Waals surface area contributed by atoms with Gasteiger partial charge in [0.1, 0.15) is 35.0 Å². The molecule has 272 valence electrons. The monoisotopic (exact) mass is 721 g/mol. The van der Waals surface area contributed by atoms with Crippen LogP contribution >= 0.6 is 11.3 Å². The van der Waals surface area contributed by atoms with E-state index in [2.05, 4.69) is 20.9 Å². The number of carboxylic acids is 1. The Bertz CT molecular complexity index is 1810. The van der Waals surface area contributed by atoms with Crippen molar-refractivity contribution in [1.29, 1.82) is 0 Å². The van der Waals surface area contributed by atoms with Gasteiger partial charge < -0.3 is 35.4 Å². The molecule has 0 spiro atoms. The summed E-state index contributed by atoms with van der Waals surface area (Å²) in [5, 5.41) is 18.6. The first-order valence-corrected chi connectivity index (χ1v) is 18.1. The molecule has 2 aromatic heterocycles. The van der Waals surface area contributed by atoms with Gasteiger partial charge in [-0.2, -0.15) is 0 Å². The normalized spacial score (nSPS) is 25.7. The largest absolute Gasteiger partial charge is 0.479 e. The van der Waals surface area contributed by atoms with Gasteiger partial charge in [0.2, 0.25) is 24.1 Å². The molecule has 3 fully saturated rings. The van der Waals surface area contributed by atoms with Crippen molar-refractivity contribution < 1.29 is 38.6 Å². The van der Waals surface area contributed by atoms with Crippen molar-refractivity contribution in [3.05, 3.63) is 30.5 Å². The fourth-order valence-electron chi connectivity index (χ4n) is 6.89. The number of aliphatic carboxylic acids is 1. The van der Waals surface area contributed by atoms with Crippen LogP contribution in [0.3, 0.4) is 0 Å². The molecule has 4 amide bonds. The topological polar surface area (TPSA) is 202 Å². The first kappa shape index (κ1) is 35.9. The Labute approximate surface area is 298 Å². The molecule has 51 heavy (non-hydrogen) atoms. The maximum Gasteiger partial charge on any atom is 0.408 e. The maximum atomic E-state index is 14.4. The van der Waals surface area contributed by atoms with Crippen LogP contribution in [0.15, 0.2) is 30.5 Å². The number of nitrogens with zero attached hydrogens (tertiary/aromatic N) is 4. The molecule has 1 aliphatic carbocycles. The second kappa shape index (κ2) is 14.8. The molecule has 0 bridgehead atoms. The lowest BCUT2D eigenvalue weighted by Crippen LogP contribution is -2.56. The number of rotatable bonds is 7. The molecule has 15 nitrogen and oxygen atoms in total. The van der Waals surface area contributed by atoms with Crippen LogP contribution in [0.5, 0.6) is 5.88 Å². The van der Waals surface area contributed by atoms with Gasteiger partial charge in [0.25, 0.3) is 0 Å². The van der Waals surface area contributed by atoms with Crippen LogP contribution in [0.25, 0.3) is 21.6 Å². The highest BCUT2D eigenvalue weighted by Crippen LogP contribution is 2.47. The number of carbonyl (C=O) groups excluding carboxylic acids is 4. The summed E-state index contributed by atoms with van der Waals surface area (Å²) in [6.45, 7) is 5.15. The lowest BCUT2D eigenvalue weighted by Gasteiger charge is -2.30. The average molecular weight is 722 g/mol. The van der Waals surface area contributed by atoms with Crippen molar-refractivity contribution in [3.63, 3.8) is 0 Å². The average Bonchev–Trinajstić information content (AvgIpc) is 3.36. The summed E-state index contributed by atoms with van der Waals surface area (Å²) >= 11 is 1.18. The number of alkyl carbamates (subject to hydrolysis) is 1. The van der Waals surface area contributed by atoms with Crippen LogP contribution in [0, 0.1) is 5.92 Å².